The number of halogens is 1. The van der Waals surface area contributed by atoms with E-state index in [-0.39, 0.29) is 10.6 Å². The van der Waals surface area contributed by atoms with Crippen molar-refractivity contribution in [3.63, 3.8) is 0 Å². The Labute approximate surface area is 103 Å². The van der Waals surface area contributed by atoms with Crippen LogP contribution in [-0.4, -0.2) is 20.9 Å². The zero-order chi connectivity index (χ0) is 12.4. The Morgan fingerprint density at radius 1 is 1.47 bits per heavy atom. The van der Waals surface area contributed by atoms with Gasteiger partial charge in [-0.2, -0.15) is 5.10 Å². The van der Waals surface area contributed by atoms with Crippen molar-refractivity contribution < 1.29 is 9.90 Å². The molecule has 1 aromatic carbocycles. The molecule has 5 nitrogen and oxygen atoms in total. The number of benzene rings is 1. The van der Waals surface area contributed by atoms with Gasteiger partial charge in [0.25, 0.3) is 0 Å². The average molecular weight is 252 g/mol. The molecule has 0 aliphatic rings. The molecular formula is C11H10ClN3O2. The van der Waals surface area contributed by atoms with Crippen LogP contribution in [0.5, 0.6) is 0 Å². The zero-order valence-electron chi connectivity index (χ0n) is 9.01. The summed E-state index contributed by atoms with van der Waals surface area (Å²) < 4.78 is 1.66. The van der Waals surface area contributed by atoms with Crippen LogP contribution in [0, 0.1) is 0 Å². The number of aromatic carboxylic acids is 1. The first kappa shape index (κ1) is 11.5. The Hall–Kier alpha value is -2.01. The third-order valence-electron chi connectivity index (χ3n) is 2.19. The van der Waals surface area contributed by atoms with E-state index in [9.17, 15) is 4.79 Å². The van der Waals surface area contributed by atoms with Gasteiger partial charge in [-0.3, -0.25) is 4.68 Å². The molecule has 6 heteroatoms. The summed E-state index contributed by atoms with van der Waals surface area (Å²) in [5.41, 5.74) is 1.61. The number of carboxylic acid groups (broad SMARTS) is 1. The maximum atomic E-state index is 10.8. The predicted octanol–water partition coefficient (Wildman–Crippen LogP) is 2.52. The van der Waals surface area contributed by atoms with Crippen molar-refractivity contribution >= 4 is 28.9 Å². The van der Waals surface area contributed by atoms with E-state index >= 15 is 0 Å². The van der Waals surface area contributed by atoms with Gasteiger partial charge in [0.05, 0.1) is 22.5 Å². The summed E-state index contributed by atoms with van der Waals surface area (Å²) in [6.45, 7) is 0. The smallest absolute Gasteiger partial charge is 0.337 e. The van der Waals surface area contributed by atoms with Crippen molar-refractivity contribution in [2.24, 2.45) is 7.05 Å². The highest BCUT2D eigenvalue weighted by Crippen LogP contribution is 2.23. The van der Waals surface area contributed by atoms with Crippen LogP contribution >= 0.6 is 11.6 Å². The molecule has 0 saturated carbocycles. The average Bonchev–Trinajstić information content (AvgIpc) is 2.63. The minimum atomic E-state index is -1.04. The minimum absolute atomic E-state index is 0.0865. The Morgan fingerprint density at radius 3 is 2.76 bits per heavy atom. The van der Waals surface area contributed by atoms with Gasteiger partial charge in [0.2, 0.25) is 0 Å². The summed E-state index contributed by atoms with van der Waals surface area (Å²) in [5.74, 6) is -1.04. The normalized spacial score (nSPS) is 10.2. The van der Waals surface area contributed by atoms with Gasteiger partial charge < -0.3 is 10.4 Å². The molecule has 2 N–H and O–H groups in total. The van der Waals surface area contributed by atoms with Crippen LogP contribution in [0.25, 0.3) is 0 Å². The van der Waals surface area contributed by atoms with E-state index in [1.807, 2.05) is 7.05 Å². The minimum Gasteiger partial charge on any atom is -0.478 e. The largest absolute Gasteiger partial charge is 0.478 e. The van der Waals surface area contributed by atoms with Crippen molar-refractivity contribution in [1.29, 1.82) is 0 Å². The van der Waals surface area contributed by atoms with Crippen LogP contribution in [-0.2, 0) is 7.05 Å². The maximum absolute atomic E-state index is 10.8. The first-order valence-corrected chi connectivity index (χ1v) is 5.22. The number of carboxylic acids is 1. The zero-order valence-corrected chi connectivity index (χ0v) is 9.77. The number of nitrogens with one attached hydrogen (secondary N) is 1. The molecule has 17 heavy (non-hydrogen) atoms. The molecule has 0 aliphatic heterocycles. The van der Waals surface area contributed by atoms with Crippen molar-refractivity contribution in [3.8, 4) is 0 Å². The second-order valence-corrected chi connectivity index (χ2v) is 3.93. The van der Waals surface area contributed by atoms with E-state index in [4.69, 9.17) is 16.7 Å². The third-order valence-corrected chi connectivity index (χ3v) is 2.51. The van der Waals surface area contributed by atoms with Crippen LogP contribution < -0.4 is 5.32 Å². The molecule has 0 unspecified atom stereocenters. The molecule has 0 radical (unpaired) electrons. The van der Waals surface area contributed by atoms with Gasteiger partial charge >= 0.3 is 5.97 Å². The monoisotopic (exact) mass is 251 g/mol. The summed E-state index contributed by atoms with van der Waals surface area (Å²) in [4.78, 5) is 10.8. The number of hydrogen-bond acceptors (Lipinski definition) is 3. The summed E-state index contributed by atoms with van der Waals surface area (Å²) in [6, 6.07) is 4.68. The predicted molar refractivity (Wildman–Crippen MR) is 64.9 cm³/mol. The molecule has 0 amide bonds. The van der Waals surface area contributed by atoms with E-state index in [0.29, 0.717) is 5.69 Å². The lowest BCUT2D eigenvalue weighted by molar-refractivity contribution is 0.0697. The maximum Gasteiger partial charge on any atom is 0.337 e. The van der Waals surface area contributed by atoms with Gasteiger partial charge in [-0.15, -0.1) is 0 Å². The number of rotatable bonds is 3. The SMILES string of the molecule is Cn1cc(Nc2ccc(C(=O)O)c(Cl)c2)cn1. The van der Waals surface area contributed by atoms with E-state index < -0.39 is 5.97 Å². The fourth-order valence-electron chi connectivity index (χ4n) is 1.42. The van der Waals surface area contributed by atoms with Crippen molar-refractivity contribution in [1.82, 2.24) is 9.78 Å². The summed E-state index contributed by atoms with van der Waals surface area (Å²) in [6.07, 6.45) is 3.47. The van der Waals surface area contributed by atoms with Gasteiger partial charge in [-0.05, 0) is 18.2 Å². The molecule has 0 spiro atoms. The molecule has 0 bridgehead atoms. The lowest BCUT2D eigenvalue weighted by Crippen LogP contribution is -1.98. The fourth-order valence-corrected chi connectivity index (χ4v) is 1.68. The molecule has 2 aromatic rings. The standard InChI is InChI=1S/C11H10ClN3O2/c1-15-6-8(5-13-15)14-7-2-3-9(11(16)17)10(12)4-7/h2-6,14H,1H3,(H,16,17). The number of aromatic nitrogens is 2. The molecule has 0 saturated heterocycles. The van der Waals surface area contributed by atoms with Crippen LogP contribution in [0.15, 0.2) is 30.6 Å². The second kappa shape index (κ2) is 4.47. The quantitative estimate of drug-likeness (QED) is 0.880. The van der Waals surface area contributed by atoms with E-state index in [1.54, 1.807) is 29.2 Å². The van der Waals surface area contributed by atoms with Gasteiger partial charge in [-0.25, -0.2) is 4.79 Å². The number of anilines is 2. The van der Waals surface area contributed by atoms with E-state index in [2.05, 4.69) is 10.4 Å². The van der Waals surface area contributed by atoms with Crippen molar-refractivity contribution in [3.05, 3.63) is 41.2 Å². The van der Waals surface area contributed by atoms with E-state index in [1.165, 1.54) is 6.07 Å². The van der Waals surface area contributed by atoms with Gasteiger partial charge in [0.15, 0.2) is 0 Å². The molecule has 0 atom stereocenters. The summed E-state index contributed by atoms with van der Waals surface area (Å²) >= 11 is 5.85. The number of aryl methyl sites for hydroxylation is 1. The lowest BCUT2D eigenvalue weighted by Gasteiger charge is -2.05. The van der Waals surface area contributed by atoms with Gasteiger partial charge in [0.1, 0.15) is 0 Å². The Morgan fingerprint density at radius 2 is 2.24 bits per heavy atom. The molecule has 0 fully saturated rings. The van der Waals surface area contributed by atoms with E-state index in [0.717, 1.165) is 5.69 Å². The molecular weight excluding hydrogens is 242 g/mol. The highest BCUT2D eigenvalue weighted by molar-refractivity contribution is 6.33. The summed E-state index contributed by atoms with van der Waals surface area (Å²) in [7, 11) is 1.81. The second-order valence-electron chi connectivity index (χ2n) is 3.53. The number of nitrogens with zero attached hydrogens (tertiary/aromatic N) is 2. The highest BCUT2D eigenvalue weighted by atomic mass is 35.5. The Kier molecular flexibility index (Phi) is 3.01. The van der Waals surface area contributed by atoms with Gasteiger partial charge in [-0.1, -0.05) is 11.6 Å². The van der Waals surface area contributed by atoms with Crippen molar-refractivity contribution in [2.45, 2.75) is 0 Å². The van der Waals surface area contributed by atoms with Crippen LogP contribution in [0.4, 0.5) is 11.4 Å². The first-order chi connectivity index (χ1) is 8.06. The highest BCUT2D eigenvalue weighted by Gasteiger charge is 2.08. The molecule has 88 valence electrons. The molecule has 1 aromatic heterocycles. The first-order valence-electron chi connectivity index (χ1n) is 4.85. The third kappa shape index (κ3) is 2.57. The molecule has 1 heterocycles. The van der Waals surface area contributed by atoms with Crippen molar-refractivity contribution in [2.75, 3.05) is 5.32 Å². The lowest BCUT2D eigenvalue weighted by atomic mass is 10.2. The summed E-state index contributed by atoms with van der Waals surface area (Å²) in [5, 5.41) is 16.1. The topological polar surface area (TPSA) is 67.2 Å². The van der Waals surface area contributed by atoms with Crippen LogP contribution in [0.1, 0.15) is 10.4 Å². The molecule has 2 rings (SSSR count). The van der Waals surface area contributed by atoms with Crippen LogP contribution in [0.3, 0.4) is 0 Å². The number of hydrogen-bond donors (Lipinski definition) is 2. The fraction of sp³-hybridized carbons (Fsp3) is 0.0909. The Bertz CT molecular complexity index is 566. The van der Waals surface area contributed by atoms with Crippen LogP contribution in [0.2, 0.25) is 5.02 Å². The molecule has 0 aliphatic carbocycles. The Balaban J connectivity index is 2.23. The van der Waals surface area contributed by atoms with Gasteiger partial charge in [0, 0.05) is 18.9 Å². The number of carbonyl (C=O) groups is 1.